The standard InChI is InChI=1S/C6H7NOS/c1-5(4-8)6-7-2-3-9-6/h2-5H,1H3. The van der Waals surface area contributed by atoms with E-state index < -0.39 is 0 Å². The molecule has 1 heterocycles. The Bertz CT molecular complexity index is 183. The highest BCUT2D eigenvalue weighted by Gasteiger charge is 2.03. The van der Waals surface area contributed by atoms with Gasteiger partial charge in [0.1, 0.15) is 11.3 Å². The normalized spacial score (nSPS) is 13.0. The molecule has 0 spiro atoms. The first-order chi connectivity index (χ1) is 4.34. The number of aromatic nitrogens is 1. The first-order valence-electron chi connectivity index (χ1n) is 2.69. The highest BCUT2D eigenvalue weighted by molar-refractivity contribution is 7.09. The molecule has 48 valence electrons. The molecule has 0 saturated carbocycles. The van der Waals surface area contributed by atoms with Crippen molar-refractivity contribution in [2.45, 2.75) is 12.8 Å². The molecular formula is C6H7NOS. The number of rotatable bonds is 2. The second-order valence-corrected chi connectivity index (χ2v) is 2.72. The number of hydrogen-bond donors (Lipinski definition) is 0. The maximum Gasteiger partial charge on any atom is 0.129 e. The quantitative estimate of drug-likeness (QED) is 0.583. The Hall–Kier alpha value is -0.700. The van der Waals surface area contributed by atoms with Gasteiger partial charge in [0.15, 0.2) is 0 Å². The molecule has 0 aliphatic rings. The van der Waals surface area contributed by atoms with Crippen molar-refractivity contribution in [2.75, 3.05) is 0 Å². The van der Waals surface area contributed by atoms with Crippen LogP contribution in [0.3, 0.4) is 0 Å². The van der Waals surface area contributed by atoms with Gasteiger partial charge in [-0.25, -0.2) is 4.98 Å². The number of nitrogens with zero attached hydrogens (tertiary/aromatic N) is 1. The van der Waals surface area contributed by atoms with Crippen LogP contribution in [0.4, 0.5) is 0 Å². The van der Waals surface area contributed by atoms with Gasteiger partial charge < -0.3 is 4.79 Å². The van der Waals surface area contributed by atoms with Gasteiger partial charge in [0.05, 0.1) is 5.92 Å². The van der Waals surface area contributed by atoms with Crippen LogP contribution in [0.25, 0.3) is 0 Å². The van der Waals surface area contributed by atoms with E-state index in [4.69, 9.17) is 0 Å². The van der Waals surface area contributed by atoms with Crippen molar-refractivity contribution in [3.05, 3.63) is 16.6 Å². The van der Waals surface area contributed by atoms with E-state index in [0.29, 0.717) is 0 Å². The van der Waals surface area contributed by atoms with E-state index in [2.05, 4.69) is 4.98 Å². The molecule has 0 aliphatic carbocycles. The summed E-state index contributed by atoms with van der Waals surface area (Å²) in [5.41, 5.74) is 0. The smallest absolute Gasteiger partial charge is 0.129 e. The lowest BCUT2D eigenvalue weighted by molar-refractivity contribution is -0.108. The number of carbonyl (C=O) groups excluding carboxylic acids is 1. The molecule has 0 N–H and O–H groups in total. The largest absolute Gasteiger partial charge is 0.303 e. The summed E-state index contributed by atoms with van der Waals surface area (Å²) in [5, 5.41) is 2.76. The third-order valence-corrected chi connectivity index (χ3v) is 2.02. The molecule has 0 saturated heterocycles. The summed E-state index contributed by atoms with van der Waals surface area (Å²) in [7, 11) is 0. The summed E-state index contributed by atoms with van der Waals surface area (Å²) in [6.07, 6.45) is 2.61. The fourth-order valence-corrected chi connectivity index (χ4v) is 1.17. The van der Waals surface area contributed by atoms with Crippen molar-refractivity contribution in [2.24, 2.45) is 0 Å². The Kier molecular flexibility index (Phi) is 1.95. The van der Waals surface area contributed by atoms with Crippen LogP contribution in [0.15, 0.2) is 11.6 Å². The highest BCUT2D eigenvalue weighted by atomic mass is 32.1. The third-order valence-electron chi connectivity index (χ3n) is 1.05. The van der Waals surface area contributed by atoms with Crippen molar-refractivity contribution in [1.82, 2.24) is 4.98 Å². The fourth-order valence-electron chi connectivity index (χ4n) is 0.518. The van der Waals surface area contributed by atoms with E-state index in [-0.39, 0.29) is 5.92 Å². The summed E-state index contributed by atoms with van der Waals surface area (Å²) in [6, 6.07) is 0. The van der Waals surface area contributed by atoms with Crippen LogP contribution in [0.1, 0.15) is 17.8 Å². The first-order valence-corrected chi connectivity index (χ1v) is 3.57. The molecule has 0 amide bonds. The van der Waals surface area contributed by atoms with Crippen LogP contribution in [0, 0.1) is 0 Å². The molecule has 1 aromatic rings. The lowest BCUT2D eigenvalue weighted by Gasteiger charge is -1.92. The molecule has 9 heavy (non-hydrogen) atoms. The zero-order chi connectivity index (χ0) is 6.69. The highest BCUT2D eigenvalue weighted by Crippen LogP contribution is 2.14. The van der Waals surface area contributed by atoms with Gasteiger partial charge in [0, 0.05) is 11.6 Å². The van der Waals surface area contributed by atoms with Gasteiger partial charge in [-0.2, -0.15) is 0 Å². The number of aldehydes is 1. The molecule has 0 aliphatic heterocycles. The van der Waals surface area contributed by atoms with Gasteiger partial charge in [0.2, 0.25) is 0 Å². The van der Waals surface area contributed by atoms with Crippen molar-refractivity contribution < 1.29 is 4.79 Å². The van der Waals surface area contributed by atoms with Gasteiger partial charge in [0.25, 0.3) is 0 Å². The Labute approximate surface area is 57.5 Å². The van der Waals surface area contributed by atoms with E-state index in [1.165, 1.54) is 11.3 Å². The van der Waals surface area contributed by atoms with E-state index in [9.17, 15) is 4.79 Å². The minimum absolute atomic E-state index is 0.0370. The summed E-state index contributed by atoms with van der Waals surface area (Å²) in [6.45, 7) is 1.84. The molecule has 1 unspecified atom stereocenters. The second kappa shape index (κ2) is 2.73. The summed E-state index contributed by atoms with van der Waals surface area (Å²) in [4.78, 5) is 14.1. The first kappa shape index (κ1) is 6.42. The average molecular weight is 141 g/mol. The molecule has 0 fully saturated rings. The van der Waals surface area contributed by atoms with Crippen LogP contribution in [0.2, 0.25) is 0 Å². The Morgan fingerprint density at radius 2 is 2.67 bits per heavy atom. The van der Waals surface area contributed by atoms with Crippen LogP contribution in [-0.4, -0.2) is 11.3 Å². The van der Waals surface area contributed by atoms with Crippen LogP contribution in [0.5, 0.6) is 0 Å². The number of hydrogen-bond acceptors (Lipinski definition) is 3. The van der Waals surface area contributed by atoms with Gasteiger partial charge in [-0.15, -0.1) is 11.3 Å². The number of carbonyl (C=O) groups is 1. The van der Waals surface area contributed by atoms with Crippen molar-refractivity contribution in [3.8, 4) is 0 Å². The van der Waals surface area contributed by atoms with Gasteiger partial charge in [-0.05, 0) is 6.92 Å². The predicted molar refractivity (Wildman–Crippen MR) is 36.6 cm³/mol. The van der Waals surface area contributed by atoms with E-state index in [1.807, 2.05) is 12.3 Å². The molecule has 1 atom stereocenters. The molecule has 1 rings (SSSR count). The fraction of sp³-hybridized carbons (Fsp3) is 0.333. The third kappa shape index (κ3) is 1.36. The van der Waals surface area contributed by atoms with Gasteiger partial charge in [-0.3, -0.25) is 0 Å². The predicted octanol–water partition coefficient (Wildman–Crippen LogP) is 1.45. The summed E-state index contributed by atoms with van der Waals surface area (Å²) < 4.78 is 0. The van der Waals surface area contributed by atoms with E-state index >= 15 is 0 Å². The van der Waals surface area contributed by atoms with Crippen LogP contribution in [-0.2, 0) is 4.79 Å². The van der Waals surface area contributed by atoms with Crippen LogP contribution >= 0.6 is 11.3 Å². The summed E-state index contributed by atoms with van der Waals surface area (Å²) >= 11 is 1.51. The molecule has 0 bridgehead atoms. The minimum atomic E-state index is -0.0370. The van der Waals surface area contributed by atoms with Crippen molar-refractivity contribution in [1.29, 1.82) is 0 Å². The van der Waals surface area contributed by atoms with E-state index in [1.54, 1.807) is 6.20 Å². The molecular weight excluding hydrogens is 134 g/mol. The molecule has 2 nitrogen and oxygen atoms in total. The molecule has 0 aromatic carbocycles. The SMILES string of the molecule is CC(C=O)c1nccs1. The maximum absolute atomic E-state index is 10.2. The zero-order valence-electron chi connectivity index (χ0n) is 5.07. The van der Waals surface area contributed by atoms with Gasteiger partial charge >= 0.3 is 0 Å². The maximum atomic E-state index is 10.2. The van der Waals surface area contributed by atoms with Crippen LogP contribution < -0.4 is 0 Å². The zero-order valence-corrected chi connectivity index (χ0v) is 5.89. The molecule has 3 heteroatoms. The lowest BCUT2D eigenvalue weighted by Crippen LogP contribution is -1.91. The lowest BCUT2D eigenvalue weighted by atomic mass is 10.2. The Morgan fingerprint density at radius 3 is 3.11 bits per heavy atom. The van der Waals surface area contributed by atoms with Crippen molar-refractivity contribution in [3.63, 3.8) is 0 Å². The average Bonchev–Trinajstić information content (AvgIpc) is 2.37. The second-order valence-electron chi connectivity index (χ2n) is 1.80. The molecule has 0 radical (unpaired) electrons. The van der Waals surface area contributed by atoms with Gasteiger partial charge in [-0.1, -0.05) is 0 Å². The Morgan fingerprint density at radius 1 is 1.89 bits per heavy atom. The number of thiazole rings is 1. The molecule has 1 aromatic heterocycles. The van der Waals surface area contributed by atoms with E-state index in [0.717, 1.165) is 11.3 Å². The minimum Gasteiger partial charge on any atom is -0.303 e. The topological polar surface area (TPSA) is 30.0 Å². The van der Waals surface area contributed by atoms with Crippen molar-refractivity contribution >= 4 is 17.6 Å². The summed E-state index contributed by atoms with van der Waals surface area (Å²) in [5.74, 6) is -0.0370. The monoisotopic (exact) mass is 141 g/mol. The Balaban J connectivity index is 2.76.